The maximum absolute atomic E-state index is 12.4. The number of alkyl halides is 1. The van der Waals surface area contributed by atoms with E-state index < -0.39 is 18.3 Å². The molecule has 0 unspecified atom stereocenters. The molecule has 2 aromatic carbocycles. The van der Waals surface area contributed by atoms with Crippen LogP contribution in [0, 0.1) is 14.0 Å². The first kappa shape index (κ1) is 116. The zero-order valence-electron chi connectivity index (χ0n) is 73.6. The third kappa shape index (κ3) is 35.8. The maximum atomic E-state index is 12.4. The van der Waals surface area contributed by atoms with Crippen LogP contribution in [-0.2, 0) is 65.6 Å². The number of H-pyrrole nitrogens is 1. The second-order valence-corrected chi connectivity index (χ2v) is 35.0. The number of halogens is 9. The predicted molar refractivity (Wildman–Crippen MR) is 539 cm³/mol. The number of anilines is 2. The molecule has 18 rings (SSSR count). The van der Waals surface area contributed by atoms with Crippen molar-refractivity contribution >= 4 is 230 Å². The zero-order chi connectivity index (χ0) is 94.7. The van der Waals surface area contributed by atoms with Gasteiger partial charge in [0.1, 0.15) is 46.9 Å². The number of nitrogens with zero attached hydrogens (tertiary/aromatic N) is 16. The summed E-state index contributed by atoms with van der Waals surface area (Å²) in [6, 6.07) is 32.6. The molecule has 4 fully saturated rings. The Morgan fingerprint density at radius 1 is 0.511 bits per heavy atom. The number of pyridine rings is 6. The van der Waals surface area contributed by atoms with Crippen molar-refractivity contribution in [3.8, 4) is 11.1 Å². The van der Waals surface area contributed by atoms with Gasteiger partial charge in [0, 0.05) is 172 Å². The first-order chi connectivity index (χ1) is 62.8. The summed E-state index contributed by atoms with van der Waals surface area (Å²) in [5.41, 5.74) is 8.03. The van der Waals surface area contributed by atoms with Crippen molar-refractivity contribution in [2.75, 3.05) is 41.4 Å². The number of fused-ring (bicyclic) bond motifs is 6. The molecule has 4 amide bonds. The number of ketones is 5. The molecule has 0 aliphatic carbocycles. The Bertz CT molecular complexity index is 5750. The van der Waals surface area contributed by atoms with Gasteiger partial charge in [0.05, 0.1) is 102 Å². The predicted octanol–water partition coefficient (Wildman–Crippen LogP) is 14.9. The number of carbonyl (C=O) groups is 9. The summed E-state index contributed by atoms with van der Waals surface area (Å²) in [6.07, 6.45) is 32.4. The fourth-order valence-corrected chi connectivity index (χ4v) is 14.4. The van der Waals surface area contributed by atoms with Crippen molar-refractivity contribution in [3.63, 3.8) is 0 Å². The van der Waals surface area contributed by atoms with Gasteiger partial charge >= 0.3 is 42.4 Å². The van der Waals surface area contributed by atoms with Gasteiger partial charge in [-0.15, -0.1) is 4.98 Å². The number of cyclic esters (lactones) is 2. The second-order valence-electron chi connectivity index (χ2n) is 29.8. The molecular formula is C91H95BBr9MgN19O14. The first-order valence-corrected chi connectivity index (χ1v) is 48.9. The fourth-order valence-electron chi connectivity index (χ4n) is 12.7. The molecule has 0 spiro atoms. The Balaban J connectivity index is 0.000000281. The molecule has 12 aromatic rings. The molecule has 4 atom stereocenters. The second kappa shape index (κ2) is 58.3. The number of carbonyl (C=O) groups excluding carboxylic acids is 9. The van der Waals surface area contributed by atoms with Gasteiger partial charge < -0.3 is 82.1 Å². The molecule has 16 heterocycles. The Labute approximate surface area is 875 Å². The average Bonchev–Trinajstić information content (AvgIpc) is 1.60. The van der Waals surface area contributed by atoms with E-state index in [0.29, 0.717) is 59.1 Å². The van der Waals surface area contributed by atoms with Crippen LogP contribution in [0.5, 0.6) is 0 Å². The SMILES string of the molecule is BrBr.C.C1CCOC1.CC(=O)NC[C@@H]1OC(=O)N2c3ccc(-c4ccc(C(=O)Cn5ccnc5)nc4)cc3C[C@@H]12.CC(=O)NC[C@@H]1OC(=O)N2c3ccc(Br)cc3C[C@@H]12.CC(=O)c1ccc(Br)cn1.CC1(C)OB(c2ccc(C(=O)Cn3ccnc3)nc2)OC1(C)C.O=C(CBr)c1ccc(Br)cn1.O=C(Cn1ccnc1)c1ccc(Br)cn1.[Br-].[C-]#[N+]c1ccc(Br)cn1.[CH3-].[Mg+2].c1c[nH]cn1. The van der Waals surface area contributed by atoms with Gasteiger partial charge in [0.2, 0.25) is 29.2 Å². The smallest absolute Gasteiger partial charge is 1.00 e. The number of ether oxygens (including phenoxy) is 3. The van der Waals surface area contributed by atoms with Crippen LogP contribution in [0.15, 0.2) is 244 Å². The number of hydrogen-bond donors (Lipinski definition) is 3. The van der Waals surface area contributed by atoms with Crippen molar-refractivity contribution in [3.05, 3.63) is 302 Å². The summed E-state index contributed by atoms with van der Waals surface area (Å²) >= 11 is 24.9. The van der Waals surface area contributed by atoms with Crippen molar-refractivity contribution in [2.45, 2.75) is 137 Å². The Kier molecular flexibility index (Phi) is 50.1. The van der Waals surface area contributed by atoms with Crippen LogP contribution in [0.2, 0.25) is 0 Å². The van der Waals surface area contributed by atoms with Crippen molar-refractivity contribution < 1.29 is 83.7 Å². The normalized spacial score (nSPS) is 15.5. The summed E-state index contributed by atoms with van der Waals surface area (Å²) in [4.78, 5) is 153. The minimum Gasteiger partial charge on any atom is -1.00 e. The summed E-state index contributed by atoms with van der Waals surface area (Å²) in [5, 5.41) is 5.76. The van der Waals surface area contributed by atoms with Gasteiger partial charge in [-0.25, -0.2) is 29.5 Å². The minimum atomic E-state index is -0.467. The van der Waals surface area contributed by atoms with Crippen LogP contribution in [0.25, 0.3) is 16.0 Å². The van der Waals surface area contributed by atoms with Crippen LogP contribution < -0.4 is 42.9 Å². The molecule has 6 aliphatic heterocycles. The molecule has 44 heteroatoms. The molecule has 4 saturated heterocycles. The molecule has 0 radical (unpaired) electrons. The molecule has 3 N–H and O–H groups in total. The molecule has 6 aliphatic rings. The number of aromatic nitrogens is 14. The van der Waals surface area contributed by atoms with Gasteiger partial charge in [-0.05, 0) is 219 Å². The van der Waals surface area contributed by atoms with Gasteiger partial charge in [-0.3, -0.25) is 68.3 Å². The molecule has 135 heavy (non-hydrogen) atoms. The summed E-state index contributed by atoms with van der Waals surface area (Å²) < 4.78 is 37.3. The third-order valence-corrected chi connectivity index (χ3v) is 22.8. The largest absolute Gasteiger partial charge is 2.00 e. The van der Waals surface area contributed by atoms with Gasteiger partial charge in [0.15, 0.2) is 11.6 Å². The fraction of sp³-hybridized carbons (Fsp3) is 0.286. The molecular weight excluding hydrogens is 2340 g/mol. The van der Waals surface area contributed by atoms with Gasteiger partial charge in [0.25, 0.3) is 5.82 Å². The molecule has 0 bridgehead atoms. The summed E-state index contributed by atoms with van der Waals surface area (Å²) in [5.74, 6) is -0.0375. The van der Waals surface area contributed by atoms with E-state index in [-0.39, 0.29) is 152 Å². The molecule has 33 nitrogen and oxygen atoms in total. The molecule has 706 valence electrons. The third-order valence-electron chi connectivity index (χ3n) is 20.0. The number of imidazole rings is 4. The minimum absolute atomic E-state index is 0. The van der Waals surface area contributed by atoms with E-state index in [1.807, 2.05) is 76.2 Å². The number of Topliss-reactive ketones (excluding diaryl/α,β-unsaturated/α-hetero) is 5. The van der Waals surface area contributed by atoms with Crippen molar-refractivity contribution in [2.24, 2.45) is 0 Å². The summed E-state index contributed by atoms with van der Waals surface area (Å²) in [7, 11) is -0.467. The Hall–Kier alpha value is -9.47. The average molecular weight is 2430 g/mol. The Morgan fingerprint density at radius 2 is 0.911 bits per heavy atom. The topological polar surface area (TPSA) is 394 Å². The van der Waals surface area contributed by atoms with Crippen LogP contribution in [0.4, 0.5) is 26.8 Å². The molecule has 0 saturated carbocycles. The number of hydrogen-bond acceptors (Lipinski definition) is 24. The Morgan fingerprint density at radius 3 is 1.25 bits per heavy atom. The number of aromatic amines is 1. The van der Waals surface area contributed by atoms with Gasteiger partial charge in [-0.1, -0.05) is 70.1 Å². The van der Waals surface area contributed by atoms with E-state index in [9.17, 15) is 43.2 Å². The van der Waals surface area contributed by atoms with E-state index in [0.717, 1.165) is 81.1 Å². The zero-order valence-corrected chi connectivity index (χ0v) is 89.3. The maximum Gasteiger partial charge on any atom is 2.00 e. The van der Waals surface area contributed by atoms with Crippen LogP contribution in [0.1, 0.15) is 132 Å². The number of amides is 4. The van der Waals surface area contributed by atoms with Crippen LogP contribution >= 0.6 is 124 Å². The van der Waals surface area contributed by atoms with E-state index in [1.165, 1.54) is 33.6 Å². The quantitative estimate of drug-likeness (QED) is 0.0311. The van der Waals surface area contributed by atoms with E-state index in [2.05, 4.69) is 194 Å². The molecule has 10 aromatic heterocycles. The number of rotatable bonds is 18. The monoisotopic (exact) mass is 2420 g/mol. The van der Waals surface area contributed by atoms with E-state index in [4.69, 9.17) is 30.1 Å². The standard InChI is InChI=1S/C23H21N5O4.C16H20BN3O3.C13H13BrN2O3.C10H8BrN3O.C7H5Br2NO.C7H6BrNO.C6H3BrN2.C4H8O.C3H4N2.CH4.CH3.Br2.BrH.Mg/c1-14(29)25-11-22-20-9-17-8-15(3-5-19(17)28(20)23(31)32-22)16-2-4-18(26-10-16)21(30)12-27-7-6-24-13-27;1-15(2)16(3,4)23-17(22-15)12-5-6-13(19-9-12)14(21)10-20-8-7-18-11-20;1-7(17)15-6-12-11-5-8-4-9(14)2-3-10(8)16(11)13(18)19-12;11-8-1-2-9(13-5-8)10(15)6-14-4-3-12-7-14;8-3-7(11)6-2-1-5(9)4-10-6;1-5(10)7-3-2-6(8)4-9-7;1-8-6-3-2-5(7)4-9-6;1-2-4-5-3-1;1-2-5-3-4-1;;;1-2;;/h2-8,10,13,20,22H,9,11-12H2,1H3,(H,25,29);5-9,11H,10H2,1-4H3;2-4,11-12H,5-6H2,1H3,(H,15,17);1-5,7H,6H2;1-2,4H,3H2;2-4H,1H3;2-4H;1-4H2;1-3H,(H,4,5);1H4;1H3;;1H;/q;;;;;;;;;;-1;;;+2/p-1/t20-,22-;;11-,12-;;;;;;;;;;;/m0.0.........../s1. The van der Waals surface area contributed by atoms with Crippen molar-refractivity contribution in [1.29, 1.82) is 0 Å². The summed E-state index contributed by atoms with van der Waals surface area (Å²) in [6.45, 7) is 22.3. The van der Waals surface area contributed by atoms with Crippen molar-refractivity contribution in [1.82, 2.24) is 79.2 Å². The van der Waals surface area contributed by atoms with Crippen LogP contribution in [-0.4, -0.2) is 219 Å². The number of benzene rings is 2. The van der Waals surface area contributed by atoms with Gasteiger partial charge in [-0.2, -0.15) is 0 Å². The number of nitrogens with one attached hydrogen (secondary N) is 3. The van der Waals surface area contributed by atoms with E-state index >= 15 is 0 Å². The van der Waals surface area contributed by atoms with E-state index in [1.54, 1.807) is 196 Å². The van der Waals surface area contributed by atoms with Crippen LogP contribution in [0.3, 0.4) is 0 Å². The first-order valence-electron chi connectivity index (χ1n) is 40.1.